The maximum atomic E-state index is 3.69. The Morgan fingerprint density at radius 1 is 1.40 bits per heavy atom. The van der Waals surface area contributed by atoms with Gasteiger partial charge >= 0.3 is 0 Å². The van der Waals surface area contributed by atoms with Crippen LogP contribution in [0.2, 0.25) is 0 Å². The van der Waals surface area contributed by atoms with E-state index in [2.05, 4.69) is 37.8 Å². The predicted octanol–water partition coefficient (Wildman–Crippen LogP) is 3.69. The zero-order chi connectivity index (χ0) is 11.1. The van der Waals surface area contributed by atoms with E-state index in [0.717, 1.165) is 23.8 Å². The van der Waals surface area contributed by atoms with Crippen molar-refractivity contribution in [2.45, 2.75) is 64.2 Å². The van der Waals surface area contributed by atoms with E-state index < -0.39 is 0 Å². The third kappa shape index (κ3) is 4.78. The van der Waals surface area contributed by atoms with Crippen molar-refractivity contribution in [2.75, 3.05) is 12.3 Å². The quantitative estimate of drug-likeness (QED) is 0.714. The Hall–Kier alpha value is 0.310. The first-order valence-electron chi connectivity index (χ1n) is 6.62. The summed E-state index contributed by atoms with van der Waals surface area (Å²) >= 11 is 2.19. The topological polar surface area (TPSA) is 12.0 Å². The molecule has 0 aromatic heterocycles. The number of hydrogen-bond donors (Lipinski definition) is 1. The lowest BCUT2D eigenvalue weighted by molar-refractivity contribution is 0.376. The SMILES string of the molecule is CCCC(C)CC(NCC)C1CCCS1. The summed E-state index contributed by atoms with van der Waals surface area (Å²) in [5, 5.41) is 4.59. The molecular weight excluding hydrogens is 202 g/mol. The van der Waals surface area contributed by atoms with Gasteiger partial charge in [-0.1, -0.05) is 33.6 Å². The van der Waals surface area contributed by atoms with E-state index in [-0.39, 0.29) is 0 Å². The number of thioether (sulfide) groups is 1. The molecule has 1 rings (SSSR count). The van der Waals surface area contributed by atoms with Gasteiger partial charge in [0.2, 0.25) is 0 Å². The molecule has 0 radical (unpaired) electrons. The maximum Gasteiger partial charge on any atom is 0.0201 e. The molecule has 0 aromatic rings. The van der Waals surface area contributed by atoms with E-state index in [1.54, 1.807) is 0 Å². The van der Waals surface area contributed by atoms with Gasteiger partial charge < -0.3 is 5.32 Å². The van der Waals surface area contributed by atoms with Crippen LogP contribution in [0.25, 0.3) is 0 Å². The van der Waals surface area contributed by atoms with Gasteiger partial charge in [0.15, 0.2) is 0 Å². The van der Waals surface area contributed by atoms with E-state index in [9.17, 15) is 0 Å². The Balaban J connectivity index is 2.34. The monoisotopic (exact) mass is 229 g/mol. The number of nitrogens with one attached hydrogen (secondary N) is 1. The third-order valence-corrected chi connectivity index (χ3v) is 4.83. The first-order chi connectivity index (χ1) is 7.27. The zero-order valence-corrected chi connectivity index (χ0v) is 11.4. The summed E-state index contributed by atoms with van der Waals surface area (Å²) in [5.41, 5.74) is 0. The lowest BCUT2D eigenvalue weighted by Gasteiger charge is -2.26. The molecule has 90 valence electrons. The fourth-order valence-electron chi connectivity index (χ4n) is 2.59. The van der Waals surface area contributed by atoms with Crippen molar-refractivity contribution in [1.29, 1.82) is 0 Å². The minimum absolute atomic E-state index is 0.768. The van der Waals surface area contributed by atoms with Crippen LogP contribution in [0.4, 0.5) is 0 Å². The van der Waals surface area contributed by atoms with Crippen LogP contribution in [-0.4, -0.2) is 23.6 Å². The normalized spacial score (nSPS) is 25.4. The smallest absolute Gasteiger partial charge is 0.0201 e. The average Bonchev–Trinajstić information content (AvgIpc) is 2.70. The van der Waals surface area contributed by atoms with Crippen LogP contribution < -0.4 is 5.32 Å². The van der Waals surface area contributed by atoms with Gasteiger partial charge in [-0.25, -0.2) is 0 Å². The molecule has 3 atom stereocenters. The Labute approximate surface area is 99.8 Å². The van der Waals surface area contributed by atoms with Gasteiger partial charge in [0.25, 0.3) is 0 Å². The summed E-state index contributed by atoms with van der Waals surface area (Å²) in [6, 6.07) is 0.768. The Morgan fingerprint density at radius 3 is 2.73 bits per heavy atom. The standard InChI is InChI=1S/C13H27NS/c1-4-7-11(3)10-12(14-5-2)13-8-6-9-15-13/h11-14H,4-10H2,1-3H3. The van der Waals surface area contributed by atoms with E-state index >= 15 is 0 Å². The van der Waals surface area contributed by atoms with Crippen molar-refractivity contribution < 1.29 is 0 Å². The summed E-state index contributed by atoms with van der Waals surface area (Å²) in [4.78, 5) is 0. The van der Waals surface area contributed by atoms with Crippen LogP contribution in [-0.2, 0) is 0 Å². The van der Waals surface area contributed by atoms with Gasteiger partial charge in [-0.05, 0) is 37.5 Å². The highest BCUT2D eigenvalue weighted by Crippen LogP contribution is 2.31. The van der Waals surface area contributed by atoms with Gasteiger partial charge in [-0.15, -0.1) is 0 Å². The highest BCUT2D eigenvalue weighted by molar-refractivity contribution is 8.00. The lowest BCUT2D eigenvalue weighted by atomic mass is 9.94. The predicted molar refractivity (Wildman–Crippen MR) is 71.6 cm³/mol. The van der Waals surface area contributed by atoms with Crippen molar-refractivity contribution in [2.24, 2.45) is 5.92 Å². The Bertz CT molecular complexity index is 155. The summed E-state index contributed by atoms with van der Waals surface area (Å²) in [7, 11) is 0. The van der Waals surface area contributed by atoms with E-state index in [4.69, 9.17) is 0 Å². The first-order valence-corrected chi connectivity index (χ1v) is 7.67. The fourth-order valence-corrected chi connectivity index (χ4v) is 4.00. The van der Waals surface area contributed by atoms with Gasteiger partial charge in [-0.3, -0.25) is 0 Å². The van der Waals surface area contributed by atoms with Crippen LogP contribution in [0.15, 0.2) is 0 Å². The molecule has 0 aromatic carbocycles. The molecule has 1 N–H and O–H groups in total. The largest absolute Gasteiger partial charge is 0.313 e. The van der Waals surface area contributed by atoms with Crippen LogP contribution >= 0.6 is 11.8 Å². The summed E-state index contributed by atoms with van der Waals surface area (Å²) in [5.74, 6) is 2.27. The number of hydrogen-bond acceptors (Lipinski definition) is 2. The maximum absolute atomic E-state index is 3.69. The zero-order valence-electron chi connectivity index (χ0n) is 10.6. The average molecular weight is 229 g/mol. The second-order valence-corrected chi connectivity index (χ2v) is 6.19. The molecule has 1 heterocycles. The molecule has 1 aliphatic rings. The van der Waals surface area contributed by atoms with Crippen molar-refractivity contribution >= 4 is 11.8 Å². The Morgan fingerprint density at radius 2 is 2.20 bits per heavy atom. The van der Waals surface area contributed by atoms with Crippen molar-refractivity contribution in [3.05, 3.63) is 0 Å². The minimum atomic E-state index is 0.768. The van der Waals surface area contributed by atoms with Gasteiger partial charge in [0.05, 0.1) is 0 Å². The molecule has 1 nitrogen and oxygen atoms in total. The fraction of sp³-hybridized carbons (Fsp3) is 1.00. The first kappa shape index (κ1) is 13.4. The second kappa shape index (κ2) is 7.56. The van der Waals surface area contributed by atoms with Crippen molar-refractivity contribution in [3.8, 4) is 0 Å². The highest BCUT2D eigenvalue weighted by atomic mass is 32.2. The highest BCUT2D eigenvalue weighted by Gasteiger charge is 2.25. The second-order valence-electron chi connectivity index (χ2n) is 4.85. The van der Waals surface area contributed by atoms with Crippen LogP contribution in [0.1, 0.15) is 52.9 Å². The molecule has 2 heteroatoms. The molecule has 3 unspecified atom stereocenters. The molecule has 0 aliphatic carbocycles. The van der Waals surface area contributed by atoms with Gasteiger partial charge in [-0.2, -0.15) is 11.8 Å². The lowest BCUT2D eigenvalue weighted by Crippen LogP contribution is -2.38. The number of rotatable bonds is 7. The molecule has 0 amide bonds. The van der Waals surface area contributed by atoms with Gasteiger partial charge in [0.1, 0.15) is 0 Å². The van der Waals surface area contributed by atoms with E-state index in [1.165, 1.54) is 37.9 Å². The van der Waals surface area contributed by atoms with Crippen LogP contribution in [0.3, 0.4) is 0 Å². The summed E-state index contributed by atoms with van der Waals surface area (Å²) < 4.78 is 0. The van der Waals surface area contributed by atoms with Crippen LogP contribution in [0.5, 0.6) is 0 Å². The van der Waals surface area contributed by atoms with Gasteiger partial charge in [0, 0.05) is 11.3 Å². The van der Waals surface area contributed by atoms with Crippen molar-refractivity contribution in [3.63, 3.8) is 0 Å². The molecule has 15 heavy (non-hydrogen) atoms. The molecule has 0 spiro atoms. The molecule has 1 aliphatic heterocycles. The molecule has 1 saturated heterocycles. The summed E-state index contributed by atoms with van der Waals surface area (Å²) in [6.07, 6.45) is 6.96. The summed E-state index contributed by atoms with van der Waals surface area (Å²) in [6.45, 7) is 8.06. The van der Waals surface area contributed by atoms with E-state index in [0.29, 0.717) is 0 Å². The Kier molecular flexibility index (Phi) is 6.74. The van der Waals surface area contributed by atoms with E-state index in [1.807, 2.05) is 0 Å². The molecule has 0 bridgehead atoms. The molecule has 0 saturated carbocycles. The molecule has 1 fully saturated rings. The third-order valence-electron chi connectivity index (χ3n) is 3.32. The minimum Gasteiger partial charge on any atom is -0.313 e. The van der Waals surface area contributed by atoms with Crippen LogP contribution in [0, 0.1) is 5.92 Å². The van der Waals surface area contributed by atoms with Crippen molar-refractivity contribution in [1.82, 2.24) is 5.32 Å². The molecular formula is C13H27NS.